The summed E-state index contributed by atoms with van der Waals surface area (Å²) in [5, 5.41) is 0. The van der Waals surface area contributed by atoms with Crippen LogP contribution in [0.25, 0.3) is 0 Å². The smallest absolute Gasteiger partial charge is 0.311 e. The lowest BCUT2D eigenvalue weighted by Crippen LogP contribution is -2.34. The summed E-state index contributed by atoms with van der Waals surface area (Å²) in [5.41, 5.74) is -1.05. The largest absolute Gasteiger partial charge is 0.469 e. The van der Waals surface area contributed by atoms with E-state index in [1.807, 2.05) is 27.7 Å². The molecule has 0 aromatic heterocycles. The van der Waals surface area contributed by atoms with Crippen molar-refractivity contribution in [2.24, 2.45) is 22.2 Å². The lowest BCUT2D eigenvalue weighted by atomic mass is 9.69. The van der Waals surface area contributed by atoms with Crippen molar-refractivity contribution < 1.29 is 19.1 Å². The SMILES string of the molecule is CCC(C)(/C=C\C(C)CC(C)(CC)C(=O)OC)CC(C)(CC)C(=O)OC. The molecule has 0 radical (unpaired) electrons. The van der Waals surface area contributed by atoms with Crippen molar-refractivity contribution in [1.29, 1.82) is 0 Å². The van der Waals surface area contributed by atoms with Gasteiger partial charge in [-0.15, -0.1) is 0 Å². The molecule has 4 nitrogen and oxygen atoms in total. The molecule has 0 saturated heterocycles. The number of carbonyl (C=O) groups excluding carboxylic acids is 2. The summed E-state index contributed by atoms with van der Waals surface area (Å²) in [4.78, 5) is 24.3. The second-order valence-corrected chi connectivity index (χ2v) is 8.54. The summed E-state index contributed by atoms with van der Waals surface area (Å²) in [7, 11) is 2.90. The van der Waals surface area contributed by atoms with Gasteiger partial charge in [-0.05, 0) is 57.3 Å². The van der Waals surface area contributed by atoms with Gasteiger partial charge in [0.05, 0.1) is 25.0 Å². The van der Waals surface area contributed by atoms with Crippen LogP contribution in [0.4, 0.5) is 0 Å². The van der Waals surface area contributed by atoms with Gasteiger partial charge in [0.2, 0.25) is 0 Å². The Hall–Kier alpha value is -1.32. The molecule has 0 aliphatic carbocycles. The van der Waals surface area contributed by atoms with Crippen LogP contribution in [-0.2, 0) is 19.1 Å². The average molecular weight is 369 g/mol. The Morgan fingerprint density at radius 3 is 1.73 bits per heavy atom. The molecule has 152 valence electrons. The third-order valence-corrected chi connectivity index (χ3v) is 6.12. The maximum atomic E-state index is 12.2. The van der Waals surface area contributed by atoms with Crippen LogP contribution in [0.15, 0.2) is 12.2 Å². The van der Waals surface area contributed by atoms with Crippen LogP contribution < -0.4 is 0 Å². The van der Waals surface area contributed by atoms with E-state index in [1.54, 1.807) is 0 Å². The molecule has 0 aliphatic heterocycles. The average Bonchev–Trinajstić information content (AvgIpc) is 2.64. The molecule has 4 unspecified atom stereocenters. The number of allylic oxidation sites excluding steroid dienone is 2. The van der Waals surface area contributed by atoms with Gasteiger partial charge in [0, 0.05) is 0 Å². The van der Waals surface area contributed by atoms with Gasteiger partial charge in [0.1, 0.15) is 0 Å². The van der Waals surface area contributed by atoms with Crippen LogP contribution in [0.1, 0.15) is 80.6 Å². The van der Waals surface area contributed by atoms with Crippen LogP contribution in [0.5, 0.6) is 0 Å². The molecular weight excluding hydrogens is 328 g/mol. The lowest BCUT2D eigenvalue weighted by molar-refractivity contribution is -0.154. The Bertz CT molecular complexity index is 498. The molecule has 0 aromatic rings. The maximum absolute atomic E-state index is 12.2. The summed E-state index contributed by atoms with van der Waals surface area (Å²) in [6.07, 6.45) is 8.33. The van der Waals surface area contributed by atoms with Gasteiger partial charge < -0.3 is 9.47 Å². The van der Waals surface area contributed by atoms with E-state index in [-0.39, 0.29) is 23.3 Å². The van der Waals surface area contributed by atoms with Crippen LogP contribution in [0, 0.1) is 22.2 Å². The van der Waals surface area contributed by atoms with Crippen molar-refractivity contribution in [3.63, 3.8) is 0 Å². The van der Waals surface area contributed by atoms with Gasteiger partial charge in [-0.3, -0.25) is 9.59 Å². The summed E-state index contributed by atoms with van der Waals surface area (Å²) in [6, 6.07) is 0. The van der Waals surface area contributed by atoms with E-state index in [0.29, 0.717) is 0 Å². The first-order chi connectivity index (χ1) is 12.0. The minimum atomic E-state index is -0.489. The highest BCUT2D eigenvalue weighted by Crippen LogP contribution is 2.41. The molecule has 0 aliphatic rings. The van der Waals surface area contributed by atoms with Gasteiger partial charge in [-0.2, -0.15) is 0 Å². The Morgan fingerprint density at radius 1 is 0.885 bits per heavy atom. The van der Waals surface area contributed by atoms with E-state index >= 15 is 0 Å². The van der Waals surface area contributed by atoms with E-state index in [2.05, 4.69) is 32.9 Å². The fourth-order valence-corrected chi connectivity index (χ4v) is 3.57. The number of methoxy groups -OCH3 is 2. The highest BCUT2D eigenvalue weighted by Gasteiger charge is 2.39. The number of rotatable bonds is 11. The van der Waals surface area contributed by atoms with Gasteiger partial charge in [0.15, 0.2) is 0 Å². The van der Waals surface area contributed by atoms with E-state index in [9.17, 15) is 9.59 Å². The topological polar surface area (TPSA) is 52.6 Å². The molecule has 0 fully saturated rings. The normalized spacial score (nSPS) is 19.9. The second-order valence-electron chi connectivity index (χ2n) is 8.54. The quantitative estimate of drug-likeness (QED) is 0.354. The summed E-state index contributed by atoms with van der Waals surface area (Å²) < 4.78 is 10.0. The van der Waals surface area contributed by atoms with E-state index in [0.717, 1.165) is 32.1 Å². The summed E-state index contributed by atoms with van der Waals surface area (Å²) in [5.74, 6) is -0.0518. The van der Waals surface area contributed by atoms with Crippen molar-refractivity contribution in [1.82, 2.24) is 0 Å². The number of ether oxygens (including phenoxy) is 2. The number of carbonyl (C=O) groups is 2. The Balaban J connectivity index is 5.29. The molecule has 26 heavy (non-hydrogen) atoms. The van der Waals surface area contributed by atoms with Crippen molar-refractivity contribution >= 4 is 11.9 Å². The standard InChI is InChI=1S/C22H40O4/c1-10-20(5,16-22(7,12-3)19(24)26-9)14-13-17(4)15-21(6,11-2)18(23)25-8/h13-14,17H,10-12,15-16H2,1-9H3/b14-13-. The van der Waals surface area contributed by atoms with Crippen LogP contribution in [-0.4, -0.2) is 26.2 Å². The monoisotopic (exact) mass is 368 g/mol. The molecule has 0 spiro atoms. The molecule has 0 N–H and O–H groups in total. The van der Waals surface area contributed by atoms with Gasteiger partial charge in [0.25, 0.3) is 0 Å². The summed E-state index contributed by atoms with van der Waals surface area (Å²) >= 11 is 0. The molecule has 0 rings (SSSR count). The zero-order valence-corrected chi connectivity index (χ0v) is 18.4. The maximum Gasteiger partial charge on any atom is 0.311 e. The third kappa shape index (κ3) is 6.44. The molecule has 0 amide bonds. The lowest BCUT2D eigenvalue weighted by Gasteiger charge is -2.35. The van der Waals surface area contributed by atoms with Crippen molar-refractivity contribution in [2.75, 3.05) is 14.2 Å². The van der Waals surface area contributed by atoms with Gasteiger partial charge in [-0.25, -0.2) is 0 Å². The Morgan fingerprint density at radius 2 is 1.35 bits per heavy atom. The van der Waals surface area contributed by atoms with Crippen molar-refractivity contribution in [3.8, 4) is 0 Å². The molecule has 0 bridgehead atoms. The first kappa shape index (κ1) is 24.7. The number of hydrogen-bond acceptors (Lipinski definition) is 4. The van der Waals surface area contributed by atoms with Crippen LogP contribution >= 0.6 is 0 Å². The van der Waals surface area contributed by atoms with E-state index < -0.39 is 10.8 Å². The molecule has 0 saturated carbocycles. The number of esters is 2. The fourth-order valence-electron chi connectivity index (χ4n) is 3.57. The first-order valence-electron chi connectivity index (χ1n) is 9.82. The highest BCUT2D eigenvalue weighted by atomic mass is 16.5. The van der Waals surface area contributed by atoms with Gasteiger partial charge >= 0.3 is 11.9 Å². The van der Waals surface area contributed by atoms with Crippen molar-refractivity contribution in [3.05, 3.63) is 12.2 Å². The zero-order chi connectivity index (χ0) is 20.6. The molecule has 4 heteroatoms. The zero-order valence-electron chi connectivity index (χ0n) is 18.4. The predicted molar refractivity (Wildman–Crippen MR) is 107 cm³/mol. The fraction of sp³-hybridized carbons (Fsp3) is 0.818. The van der Waals surface area contributed by atoms with E-state index in [4.69, 9.17) is 9.47 Å². The second kappa shape index (κ2) is 10.1. The minimum absolute atomic E-state index is 0.0961. The molecule has 0 heterocycles. The molecular formula is C22H40O4. The predicted octanol–water partition coefficient (Wildman–Crippen LogP) is 5.55. The van der Waals surface area contributed by atoms with Crippen LogP contribution in [0.3, 0.4) is 0 Å². The van der Waals surface area contributed by atoms with Crippen LogP contribution in [0.2, 0.25) is 0 Å². The third-order valence-electron chi connectivity index (χ3n) is 6.12. The first-order valence-corrected chi connectivity index (χ1v) is 9.82. The number of hydrogen-bond donors (Lipinski definition) is 0. The minimum Gasteiger partial charge on any atom is -0.469 e. The Kier molecular flexibility index (Phi) is 9.61. The highest BCUT2D eigenvalue weighted by molar-refractivity contribution is 5.76. The molecule has 0 aromatic carbocycles. The van der Waals surface area contributed by atoms with Gasteiger partial charge in [-0.1, -0.05) is 46.8 Å². The van der Waals surface area contributed by atoms with E-state index in [1.165, 1.54) is 14.2 Å². The summed E-state index contributed by atoms with van der Waals surface area (Å²) in [6.45, 7) is 14.5. The van der Waals surface area contributed by atoms with Crippen molar-refractivity contribution in [2.45, 2.75) is 80.6 Å². The Labute approximate surface area is 160 Å². The molecule has 4 atom stereocenters.